The first-order chi connectivity index (χ1) is 15.3. The van der Waals surface area contributed by atoms with Crippen molar-refractivity contribution in [1.29, 1.82) is 0 Å². The van der Waals surface area contributed by atoms with Crippen LogP contribution in [-0.2, 0) is 21.4 Å². The van der Waals surface area contributed by atoms with Crippen molar-refractivity contribution in [1.82, 2.24) is 5.32 Å². The van der Waals surface area contributed by atoms with Crippen molar-refractivity contribution in [2.75, 3.05) is 17.5 Å². The summed E-state index contributed by atoms with van der Waals surface area (Å²) in [4.78, 5) is 12.8. The Hall–Kier alpha value is -3.39. The van der Waals surface area contributed by atoms with E-state index in [1.54, 1.807) is 18.2 Å². The molecule has 1 amide bonds. The number of carbonyl (C=O) groups is 1. The van der Waals surface area contributed by atoms with Gasteiger partial charge in [0.25, 0.3) is 10.0 Å². The van der Waals surface area contributed by atoms with Gasteiger partial charge >= 0.3 is 0 Å². The average Bonchev–Trinajstić information content (AvgIpc) is 2.78. The molecule has 8 heteroatoms. The highest BCUT2D eigenvalue weighted by Gasteiger charge is 2.27. The molecule has 0 bridgehead atoms. The van der Waals surface area contributed by atoms with Crippen molar-refractivity contribution in [3.8, 4) is 5.75 Å². The molecule has 0 unspecified atom stereocenters. The third-order valence-electron chi connectivity index (χ3n) is 4.76. The van der Waals surface area contributed by atoms with Crippen molar-refractivity contribution >= 4 is 21.6 Å². The van der Waals surface area contributed by atoms with Crippen LogP contribution < -0.4 is 14.4 Å². The van der Waals surface area contributed by atoms with Gasteiger partial charge in [-0.15, -0.1) is 0 Å². The Bertz CT molecular complexity index is 1160. The number of sulfonamides is 1. The summed E-state index contributed by atoms with van der Waals surface area (Å²) in [5, 5.41) is 2.74. The molecule has 0 atom stereocenters. The third-order valence-corrected chi connectivity index (χ3v) is 6.55. The molecule has 0 aliphatic carbocycles. The lowest BCUT2D eigenvalue weighted by Gasteiger charge is -2.24. The molecule has 32 heavy (non-hydrogen) atoms. The first kappa shape index (κ1) is 23.3. The lowest BCUT2D eigenvalue weighted by Crippen LogP contribution is -2.40. The SMILES string of the molecule is CCOc1ccccc1CNC(=O)CN(c1ccc(F)cc1)S(=O)(=O)c1ccc(C)cc1. The molecule has 0 aliphatic rings. The maximum absolute atomic E-state index is 13.4. The van der Waals surface area contributed by atoms with Crippen LogP contribution in [0.1, 0.15) is 18.1 Å². The number of nitrogens with zero attached hydrogens (tertiary/aromatic N) is 1. The maximum Gasteiger partial charge on any atom is 0.264 e. The Balaban J connectivity index is 1.84. The molecule has 168 valence electrons. The van der Waals surface area contributed by atoms with Gasteiger partial charge in [-0.2, -0.15) is 0 Å². The lowest BCUT2D eigenvalue weighted by atomic mass is 10.2. The molecule has 0 fully saturated rings. The number of halogens is 1. The Morgan fingerprint density at radius 3 is 2.31 bits per heavy atom. The summed E-state index contributed by atoms with van der Waals surface area (Å²) in [6.45, 7) is 3.92. The molecular weight excluding hydrogens is 431 g/mol. The molecule has 0 aromatic heterocycles. The largest absolute Gasteiger partial charge is 0.494 e. The van der Waals surface area contributed by atoms with Gasteiger partial charge in [0, 0.05) is 12.1 Å². The van der Waals surface area contributed by atoms with Crippen LogP contribution in [0.2, 0.25) is 0 Å². The quantitative estimate of drug-likeness (QED) is 0.527. The first-order valence-electron chi connectivity index (χ1n) is 10.1. The van der Waals surface area contributed by atoms with Crippen LogP contribution in [-0.4, -0.2) is 27.5 Å². The minimum Gasteiger partial charge on any atom is -0.494 e. The van der Waals surface area contributed by atoms with Crippen LogP contribution in [0.5, 0.6) is 5.75 Å². The van der Waals surface area contributed by atoms with Gasteiger partial charge in [0.2, 0.25) is 5.91 Å². The number of carbonyl (C=O) groups excluding carboxylic acids is 1. The summed E-state index contributed by atoms with van der Waals surface area (Å²) in [7, 11) is -4.05. The highest BCUT2D eigenvalue weighted by molar-refractivity contribution is 7.92. The number of anilines is 1. The molecule has 0 heterocycles. The Labute approximate surface area is 187 Å². The highest BCUT2D eigenvalue weighted by Crippen LogP contribution is 2.24. The molecule has 0 saturated heterocycles. The van der Waals surface area contributed by atoms with Gasteiger partial charge in [-0.1, -0.05) is 35.9 Å². The Morgan fingerprint density at radius 2 is 1.66 bits per heavy atom. The van der Waals surface area contributed by atoms with E-state index in [0.717, 1.165) is 27.6 Å². The summed E-state index contributed by atoms with van der Waals surface area (Å²) in [5.41, 5.74) is 1.87. The van der Waals surface area contributed by atoms with Crippen molar-refractivity contribution in [3.63, 3.8) is 0 Å². The van der Waals surface area contributed by atoms with Gasteiger partial charge in [0.15, 0.2) is 0 Å². The van der Waals surface area contributed by atoms with E-state index in [4.69, 9.17) is 4.74 Å². The number of hydrogen-bond donors (Lipinski definition) is 1. The van der Waals surface area contributed by atoms with Gasteiger partial charge in [-0.25, -0.2) is 12.8 Å². The molecule has 0 radical (unpaired) electrons. The first-order valence-corrected chi connectivity index (χ1v) is 11.6. The average molecular weight is 457 g/mol. The molecule has 0 aliphatic heterocycles. The number of ether oxygens (including phenoxy) is 1. The topological polar surface area (TPSA) is 75.7 Å². The molecule has 0 saturated carbocycles. The number of benzene rings is 3. The van der Waals surface area contributed by atoms with Crippen LogP contribution in [0.15, 0.2) is 77.7 Å². The van der Waals surface area contributed by atoms with E-state index in [2.05, 4.69) is 5.32 Å². The number of aryl methyl sites for hydroxylation is 1. The van der Waals surface area contributed by atoms with Gasteiger partial charge in [0.05, 0.1) is 17.2 Å². The monoisotopic (exact) mass is 456 g/mol. The van der Waals surface area contributed by atoms with E-state index < -0.39 is 28.3 Å². The molecule has 1 N–H and O–H groups in total. The number of para-hydroxylation sites is 1. The van der Waals surface area contributed by atoms with Gasteiger partial charge in [0.1, 0.15) is 18.1 Å². The predicted octanol–water partition coefficient (Wildman–Crippen LogP) is 4.04. The lowest BCUT2D eigenvalue weighted by molar-refractivity contribution is -0.119. The van der Waals surface area contributed by atoms with Crippen molar-refractivity contribution < 1.29 is 22.3 Å². The fourth-order valence-corrected chi connectivity index (χ4v) is 4.51. The number of amides is 1. The summed E-state index contributed by atoms with van der Waals surface area (Å²) >= 11 is 0. The van der Waals surface area contributed by atoms with Gasteiger partial charge in [-0.05, 0) is 56.3 Å². The molecule has 3 aromatic carbocycles. The Morgan fingerprint density at radius 1 is 1.00 bits per heavy atom. The molecule has 3 aromatic rings. The van der Waals surface area contributed by atoms with E-state index in [9.17, 15) is 17.6 Å². The van der Waals surface area contributed by atoms with E-state index in [-0.39, 0.29) is 17.1 Å². The summed E-state index contributed by atoms with van der Waals surface area (Å²) in [6, 6.07) is 18.6. The zero-order valence-corrected chi connectivity index (χ0v) is 18.7. The van der Waals surface area contributed by atoms with Crippen LogP contribution in [0, 0.1) is 12.7 Å². The molecule has 3 rings (SSSR count). The second kappa shape index (κ2) is 10.3. The Kier molecular flexibility index (Phi) is 7.48. The van der Waals surface area contributed by atoms with Gasteiger partial charge in [-0.3, -0.25) is 9.10 Å². The van der Waals surface area contributed by atoms with Crippen LogP contribution >= 0.6 is 0 Å². The fourth-order valence-electron chi connectivity index (χ4n) is 3.09. The minimum atomic E-state index is -4.05. The van der Waals surface area contributed by atoms with Crippen LogP contribution in [0.3, 0.4) is 0 Å². The second-order valence-corrected chi connectivity index (χ2v) is 8.98. The standard InChI is InChI=1S/C24H25FN2O4S/c1-3-31-23-7-5-4-6-19(23)16-26-24(28)17-27(21-12-10-20(25)11-13-21)32(29,30)22-14-8-18(2)9-15-22/h4-15H,3,16-17H2,1-2H3,(H,26,28). The fraction of sp³-hybridized carbons (Fsp3) is 0.208. The maximum atomic E-state index is 13.4. The van der Waals surface area contributed by atoms with E-state index >= 15 is 0 Å². The summed E-state index contributed by atoms with van der Waals surface area (Å²) < 4.78 is 46.6. The zero-order valence-electron chi connectivity index (χ0n) is 17.9. The van der Waals surface area contributed by atoms with Crippen molar-refractivity contribution in [2.24, 2.45) is 0 Å². The molecular formula is C24H25FN2O4S. The van der Waals surface area contributed by atoms with E-state index in [1.807, 2.05) is 32.0 Å². The van der Waals surface area contributed by atoms with Crippen molar-refractivity contribution in [2.45, 2.75) is 25.3 Å². The van der Waals surface area contributed by atoms with E-state index in [1.165, 1.54) is 24.3 Å². The zero-order chi connectivity index (χ0) is 23.1. The van der Waals surface area contributed by atoms with Crippen LogP contribution in [0.25, 0.3) is 0 Å². The minimum absolute atomic E-state index is 0.0434. The van der Waals surface area contributed by atoms with E-state index in [0.29, 0.717) is 12.4 Å². The third kappa shape index (κ3) is 5.64. The second-order valence-electron chi connectivity index (χ2n) is 7.12. The highest BCUT2D eigenvalue weighted by atomic mass is 32.2. The summed E-state index contributed by atoms with van der Waals surface area (Å²) in [6.07, 6.45) is 0. The number of rotatable bonds is 9. The summed E-state index contributed by atoms with van der Waals surface area (Å²) in [5.74, 6) is -0.354. The molecule has 0 spiro atoms. The predicted molar refractivity (Wildman–Crippen MR) is 122 cm³/mol. The smallest absolute Gasteiger partial charge is 0.264 e. The number of nitrogens with one attached hydrogen (secondary N) is 1. The van der Waals surface area contributed by atoms with Crippen LogP contribution in [0.4, 0.5) is 10.1 Å². The molecule has 6 nitrogen and oxygen atoms in total. The number of hydrogen-bond acceptors (Lipinski definition) is 4. The normalized spacial score (nSPS) is 11.1. The van der Waals surface area contributed by atoms with Gasteiger partial charge < -0.3 is 10.1 Å². The van der Waals surface area contributed by atoms with Crippen molar-refractivity contribution in [3.05, 3.63) is 89.7 Å².